The number of imidazole rings is 1. The molecule has 7 nitrogen and oxygen atoms in total. The van der Waals surface area contributed by atoms with E-state index in [9.17, 15) is 27.6 Å². The molecule has 12 heteroatoms. The summed E-state index contributed by atoms with van der Waals surface area (Å²) in [6, 6.07) is 16.2. The standard InChI is InChI=1S/C30H24BrClF3N3O4/c1-42-22-9-7-21(8-10-22)38-27(26(39)12-5-18-3-2-4-20(15-18)30(33,34)35)25-17-36(13-14-37(25)29(38)41)28(40)19-6-11-23(31)24(32)16-19/h2-4,6-11,15-16H,5,12-14,17H2,1H3. The van der Waals surface area contributed by atoms with Crippen molar-refractivity contribution < 1.29 is 27.5 Å². The van der Waals surface area contributed by atoms with Crippen molar-refractivity contribution >= 4 is 39.2 Å². The number of Topliss-reactive ketones (excluding diaryl/α,β-unsaturated/α-hetero) is 1. The molecule has 0 bridgehead atoms. The molecule has 1 amide bonds. The van der Waals surface area contributed by atoms with Gasteiger partial charge in [0.15, 0.2) is 5.78 Å². The van der Waals surface area contributed by atoms with Crippen molar-refractivity contribution in [1.29, 1.82) is 0 Å². The Kier molecular flexibility index (Phi) is 8.34. The fourth-order valence-corrected chi connectivity index (χ4v) is 5.41. The van der Waals surface area contributed by atoms with E-state index in [1.807, 2.05) is 0 Å². The van der Waals surface area contributed by atoms with E-state index in [2.05, 4.69) is 15.9 Å². The molecule has 5 rings (SSSR count). The number of aryl methyl sites for hydroxylation is 1. The van der Waals surface area contributed by atoms with Crippen LogP contribution in [0.1, 0.15) is 44.1 Å². The number of ether oxygens (including phenoxy) is 1. The van der Waals surface area contributed by atoms with Gasteiger partial charge in [-0.15, -0.1) is 0 Å². The van der Waals surface area contributed by atoms with Gasteiger partial charge in [-0.2, -0.15) is 13.2 Å². The molecule has 0 N–H and O–H groups in total. The SMILES string of the molecule is COc1ccc(-n2c(C(=O)CCc3cccc(C(F)(F)F)c3)c3n(c2=O)CCN(C(=O)c2ccc(Br)c(Cl)c2)C3)cc1. The number of halogens is 5. The highest BCUT2D eigenvalue weighted by Crippen LogP contribution is 2.30. The molecule has 0 fully saturated rings. The van der Waals surface area contributed by atoms with Gasteiger partial charge < -0.3 is 9.64 Å². The summed E-state index contributed by atoms with van der Waals surface area (Å²) in [6.07, 6.45) is -4.63. The van der Waals surface area contributed by atoms with Crippen LogP contribution in [-0.4, -0.2) is 39.4 Å². The maximum Gasteiger partial charge on any atom is 0.416 e. The molecule has 0 spiro atoms. The predicted molar refractivity (Wildman–Crippen MR) is 155 cm³/mol. The van der Waals surface area contributed by atoms with Crippen LogP contribution in [0, 0.1) is 0 Å². The molecule has 1 aromatic heterocycles. The first-order valence-electron chi connectivity index (χ1n) is 12.9. The molecule has 0 unspecified atom stereocenters. The molecular formula is C30H24BrClF3N3O4. The van der Waals surface area contributed by atoms with E-state index in [1.165, 1.54) is 33.3 Å². The number of methoxy groups -OCH3 is 1. The summed E-state index contributed by atoms with van der Waals surface area (Å²) in [4.78, 5) is 42.3. The largest absolute Gasteiger partial charge is 0.497 e. The topological polar surface area (TPSA) is 73.5 Å². The minimum atomic E-state index is -4.51. The molecule has 0 aliphatic carbocycles. The molecule has 218 valence electrons. The molecule has 0 radical (unpaired) electrons. The highest BCUT2D eigenvalue weighted by atomic mass is 79.9. The molecule has 4 aromatic rings. The lowest BCUT2D eigenvalue weighted by molar-refractivity contribution is -0.137. The van der Waals surface area contributed by atoms with Crippen molar-refractivity contribution in [2.45, 2.75) is 32.1 Å². The molecule has 0 saturated heterocycles. The Morgan fingerprint density at radius 3 is 2.43 bits per heavy atom. The van der Waals surface area contributed by atoms with E-state index in [4.69, 9.17) is 16.3 Å². The van der Waals surface area contributed by atoms with E-state index in [-0.39, 0.29) is 44.1 Å². The quantitative estimate of drug-likeness (QED) is 0.211. The molecule has 1 aliphatic heterocycles. The number of carbonyl (C=O) groups is 2. The van der Waals surface area contributed by atoms with Crippen LogP contribution in [0.2, 0.25) is 5.02 Å². The summed E-state index contributed by atoms with van der Waals surface area (Å²) in [5, 5.41) is 0.367. The summed E-state index contributed by atoms with van der Waals surface area (Å²) in [7, 11) is 1.51. The van der Waals surface area contributed by atoms with Gasteiger partial charge >= 0.3 is 11.9 Å². The van der Waals surface area contributed by atoms with Crippen LogP contribution >= 0.6 is 27.5 Å². The summed E-state index contributed by atoms with van der Waals surface area (Å²) in [6.45, 7) is 0.362. The van der Waals surface area contributed by atoms with E-state index < -0.39 is 23.2 Å². The lowest BCUT2D eigenvalue weighted by Gasteiger charge is -2.28. The van der Waals surface area contributed by atoms with Crippen molar-refractivity contribution in [3.05, 3.63) is 115 Å². The van der Waals surface area contributed by atoms with Gasteiger partial charge in [0, 0.05) is 29.5 Å². The summed E-state index contributed by atoms with van der Waals surface area (Å²) in [5.41, 5.74) is 0.306. The van der Waals surface area contributed by atoms with Crippen LogP contribution in [0.25, 0.3) is 5.69 Å². The molecule has 1 aliphatic rings. The Labute approximate surface area is 252 Å². The number of alkyl halides is 3. The van der Waals surface area contributed by atoms with Gasteiger partial charge in [0.05, 0.1) is 35.6 Å². The third kappa shape index (κ3) is 5.89. The second-order valence-electron chi connectivity index (χ2n) is 9.74. The first-order chi connectivity index (χ1) is 20.0. The minimum Gasteiger partial charge on any atom is -0.497 e. The summed E-state index contributed by atoms with van der Waals surface area (Å²) >= 11 is 9.51. The van der Waals surface area contributed by atoms with Gasteiger partial charge in [0.25, 0.3) is 5.91 Å². The van der Waals surface area contributed by atoms with E-state index in [1.54, 1.807) is 42.5 Å². The Morgan fingerprint density at radius 2 is 1.76 bits per heavy atom. The molecular weight excluding hydrogens is 639 g/mol. The molecule has 0 saturated carbocycles. The average molecular weight is 663 g/mol. The fourth-order valence-electron chi connectivity index (χ4n) is 4.98. The second kappa shape index (κ2) is 11.8. The van der Waals surface area contributed by atoms with Crippen molar-refractivity contribution in [2.24, 2.45) is 0 Å². The van der Waals surface area contributed by atoms with Crippen LogP contribution in [-0.2, 0) is 25.7 Å². The number of amides is 1. The zero-order chi connectivity index (χ0) is 30.2. The Morgan fingerprint density at radius 1 is 1.02 bits per heavy atom. The number of nitrogens with zero attached hydrogens (tertiary/aromatic N) is 3. The van der Waals surface area contributed by atoms with Crippen molar-refractivity contribution in [3.8, 4) is 11.4 Å². The Balaban J connectivity index is 1.52. The second-order valence-corrected chi connectivity index (χ2v) is 11.0. The predicted octanol–water partition coefficient (Wildman–Crippen LogP) is 6.55. The molecule has 2 heterocycles. The van der Waals surface area contributed by atoms with Gasteiger partial charge in [-0.3, -0.25) is 18.7 Å². The van der Waals surface area contributed by atoms with Crippen molar-refractivity contribution in [1.82, 2.24) is 14.0 Å². The van der Waals surface area contributed by atoms with Crippen molar-refractivity contribution in [3.63, 3.8) is 0 Å². The van der Waals surface area contributed by atoms with Crippen LogP contribution in [0.3, 0.4) is 0 Å². The number of benzene rings is 3. The average Bonchev–Trinajstić information content (AvgIpc) is 3.28. The highest BCUT2D eigenvalue weighted by molar-refractivity contribution is 9.10. The number of hydrogen-bond donors (Lipinski definition) is 0. The maximum absolute atomic E-state index is 13.8. The Hall–Kier alpha value is -3.83. The summed E-state index contributed by atoms with van der Waals surface area (Å²) in [5.74, 6) is -0.198. The third-order valence-corrected chi connectivity index (χ3v) is 8.36. The summed E-state index contributed by atoms with van der Waals surface area (Å²) < 4.78 is 48.3. The number of aromatic nitrogens is 2. The number of fused-ring (bicyclic) bond motifs is 1. The molecule has 0 atom stereocenters. The number of rotatable bonds is 7. The maximum atomic E-state index is 13.8. The first kappa shape index (κ1) is 29.7. The lowest BCUT2D eigenvalue weighted by atomic mass is 10.0. The normalized spacial score (nSPS) is 13.1. The van der Waals surface area contributed by atoms with E-state index in [0.717, 1.165) is 12.1 Å². The van der Waals surface area contributed by atoms with Gasteiger partial charge in [-0.1, -0.05) is 29.8 Å². The van der Waals surface area contributed by atoms with Gasteiger partial charge in [0.1, 0.15) is 11.4 Å². The van der Waals surface area contributed by atoms with Crippen molar-refractivity contribution in [2.75, 3.05) is 13.7 Å². The smallest absolute Gasteiger partial charge is 0.416 e. The molecule has 42 heavy (non-hydrogen) atoms. The molecule has 3 aromatic carbocycles. The van der Waals surface area contributed by atoms with Gasteiger partial charge in [0.2, 0.25) is 0 Å². The van der Waals surface area contributed by atoms with E-state index in [0.29, 0.717) is 37.8 Å². The minimum absolute atomic E-state index is 0.0183. The Bertz CT molecular complexity index is 1730. The van der Waals surface area contributed by atoms with Gasteiger partial charge in [-0.05, 0) is 76.4 Å². The highest BCUT2D eigenvalue weighted by Gasteiger charge is 2.33. The van der Waals surface area contributed by atoms with Crippen LogP contribution < -0.4 is 10.4 Å². The van der Waals surface area contributed by atoms with Crippen LogP contribution in [0.5, 0.6) is 5.75 Å². The number of carbonyl (C=O) groups excluding carboxylic acids is 2. The fraction of sp³-hybridized carbons (Fsp3) is 0.233. The van der Waals surface area contributed by atoms with Gasteiger partial charge in [-0.25, -0.2) is 4.79 Å². The van der Waals surface area contributed by atoms with Crippen LogP contribution in [0.15, 0.2) is 76.0 Å². The first-order valence-corrected chi connectivity index (χ1v) is 14.1. The monoisotopic (exact) mass is 661 g/mol. The zero-order valence-electron chi connectivity index (χ0n) is 22.3. The van der Waals surface area contributed by atoms with Crippen LogP contribution in [0.4, 0.5) is 13.2 Å². The number of hydrogen-bond acceptors (Lipinski definition) is 4. The number of ketones is 1. The zero-order valence-corrected chi connectivity index (χ0v) is 24.6. The lowest BCUT2D eigenvalue weighted by Crippen LogP contribution is -2.41. The van der Waals surface area contributed by atoms with E-state index >= 15 is 0 Å². The third-order valence-electron chi connectivity index (χ3n) is 7.12.